The van der Waals surface area contributed by atoms with E-state index < -0.39 is 45.8 Å². The van der Waals surface area contributed by atoms with Crippen LogP contribution in [0.2, 0.25) is 5.02 Å². The maximum atomic E-state index is 12.9. The van der Waals surface area contributed by atoms with Gasteiger partial charge in [0.05, 0.1) is 40.9 Å². The molecule has 1 saturated heterocycles. The van der Waals surface area contributed by atoms with Crippen molar-refractivity contribution < 1.29 is 46.2 Å². The van der Waals surface area contributed by atoms with Crippen LogP contribution in [0.1, 0.15) is 80.6 Å². The number of aryl methyl sites for hydroxylation is 2. The first-order valence-corrected chi connectivity index (χ1v) is 20.5. The van der Waals surface area contributed by atoms with Gasteiger partial charge in [-0.25, -0.2) is 14.2 Å². The summed E-state index contributed by atoms with van der Waals surface area (Å²) in [5.41, 5.74) is -1.62. The number of anilines is 1. The maximum absolute atomic E-state index is 12.9. The molecule has 0 spiro atoms. The second-order valence-electron chi connectivity index (χ2n) is 14.0. The molecule has 0 aliphatic carbocycles. The van der Waals surface area contributed by atoms with E-state index in [1.54, 1.807) is 44.9 Å². The predicted molar refractivity (Wildman–Crippen MR) is 227 cm³/mol. The third kappa shape index (κ3) is 13.1. The summed E-state index contributed by atoms with van der Waals surface area (Å²) in [6.07, 6.45) is -3.14. The fourth-order valence-electron chi connectivity index (χ4n) is 6.06. The Morgan fingerprint density at radius 2 is 1.70 bits per heavy atom. The Labute approximate surface area is 370 Å². The molecule has 2 aromatic heterocycles. The number of carbonyl (C=O) groups is 3. The van der Waals surface area contributed by atoms with Crippen molar-refractivity contribution in [3.63, 3.8) is 0 Å². The van der Waals surface area contributed by atoms with Crippen LogP contribution in [0, 0.1) is 6.92 Å². The number of nitrogens with zero attached hydrogens (tertiary/aromatic N) is 4. The van der Waals surface area contributed by atoms with Crippen LogP contribution in [-0.2, 0) is 43.4 Å². The SMILES string of the molecule is CC(C)OC(=O)c1cc(-n2c(=O)cc(C(F)(F)F)n(C)c2=O)ccc1Cl.CC1(C)OC(c2ccco2)CN1C(=O)C(Cl)Cl.CCOCN(C(=O)CCl)c1c(C)cccc1CC. The van der Waals surface area contributed by atoms with E-state index in [-0.39, 0.29) is 46.8 Å². The summed E-state index contributed by atoms with van der Waals surface area (Å²) in [7, 11) is 0.894. The lowest BCUT2D eigenvalue weighted by Gasteiger charge is -2.29. The van der Waals surface area contributed by atoms with Gasteiger partial charge in [-0.1, -0.05) is 59.9 Å². The molecule has 3 heterocycles. The summed E-state index contributed by atoms with van der Waals surface area (Å²) in [4.78, 5) is 62.3. The number of aromatic nitrogens is 2. The monoisotopic (exact) mass is 936 g/mol. The molecular weight excluding hydrogens is 891 g/mol. The average Bonchev–Trinajstić information content (AvgIpc) is 3.84. The van der Waals surface area contributed by atoms with Gasteiger partial charge in [0, 0.05) is 19.7 Å². The van der Waals surface area contributed by atoms with Crippen LogP contribution in [0.25, 0.3) is 5.69 Å². The number of rotatable bonds is 11. The number of amides is 2. The molecule has 61 heavy (non-hydrogen) atoms. The van der Waals surface area contributed by atoms with Crippen LogP contribution in [0.3, 0.4) is 0 Å². The van der Waals surface area contributed by atoms with Gasteiger partial charge in [-0.2, -0.15) is 13.2 Å². The molecule has 2 aromatic carbocycles. The van der Waals surface area contributed by atoms with Gasteiger partial charge in [0.2, 0.25) is 5.91 Å². The summed E-state index contributed by atoms with van der Waals surface area (Å²) in [6.45, 7) is 14.0. The van der Waals surface area contributed by atoms with Crippen molar-refractivity contribution in [2.75, 3.05) is 30.7 Å². The van der Waals surface area contributed by atoms with Crippen molar-refractivity contribution in [1.29, 1.82) is 0 Å². The smallest absolute Gasteiger partial charge is 0.431 e. The summed E-state index contributed by atoms with van der Waals surface area (Å²) >= 11 is 22.8. The van der Waals surface area contributed by atoms with Crippen LogP contribution < -0.4 is 16.1 Å². The Bertz CT molecular complexity index is 2260. The van der Waals surface area contributed by atoms with E-state index in [4.69, 9.17) is 65.0 Å². The number of esters is 1. The second-order valence-corrected chi connectivity index (χ2v) is 15.8. The molecule has 1 aliphatic rings. The van der Waals surface area contributed by atoms with E-state index in [1.165, 1.54) is 17.0 Å². The van der Waals surface area contributed by atoms with Crippen molar-refractivity contribution in [2.24, 2.45) is 7.05 Å². The number of carbonyl (C=O) groups excluding carboxylic acids is 3. The molecule has 13 nitrogen and oxygen atoms in total. The zero-order chi connectivity index (χ0) is 46.0. The first kappa shape index (κ1) is 51.0. The van der Waals surface area contributed by atoms with E-state index in [0.29, 0.717) is 34.1 Å². The van der Waals surface area contributed by atoms with Gasteiger partial charge < -0.3 is 23.5 Å². The minimum Gasteiger partial charge on any atom is -0.467 e. The second kappa shape index (κ2) is 22.2. The molecule has 5 rings (SSSR count). The Morgan fingerprint density at radius 3 is 2.25 bits per heavy atom. The largest absolute Gasteiger partial charge is 0.467 e. The number of halogens is 7. The van der Waals surface area contributed by atoms with Gasteiger partial charge >= 0.3 is 17.8 Å². The number of ether oxygens (including phenoxy) is 3. The van der Waals surface area contributed by atoms with Crippen molar-refractivity contribution in [2.45, 2.75) is 83.8 Å². The normalized spacial score (nSPS) is 14.6. The van der Waals surface area contributed by atoms with Gasteiger partial charge in [-0.3, -0.25) is 23.9 Å². The predicted octanol–water partition coefficient (Wildman–Crippen LogP) is 8.62. The first-order chi connectivity index (χ1) is 28.5. The summed E-state index contributed by atoms with van der Waals surface area (Å²) < 4.78 is 60.9. The summed E-state index contributed by atoms with van der Waals surface area (Å²) in [5.74, 6) is -0.621. The highest BCUT2D eigenvalue weighted by Gasteiger charge is 2.45. The van der Waals surface area contributed by atoms with E-state index in [9.17, 15) is 37.1 Å². The van der Waals surface area contributed by atoms with Crippen LogP contribution in [0.4, 0.5) is 18.9 Å². The molecule has 4 aromatic rings. The van der Waals surface area contributed by atoms with Crippen molar-refractivity contribution >= 4 is 69.9 Å². The zero-order valence-corrected chi connectivity index (χ0v) is 37.7. The molecular formula is C41H47Cl4F3N4O9. The van der Waals surface area contributed by atoms with Crippen LogP contribution in [-0.4, -0.2) is 74.2 Å². The minimum absolute atomic E-state index is 0.0104. The van der Waals surface area contributed by atoms with E-state index in [2.05, 4.69) is 6.92 Å². The molecule has 1 atom stereocenters. The number of hydrogen-bond acceptors (Lipinski definition) is 9. The maximum Gasteiger partial charge on any atom is 0.431 e. The standard InChI is InChI=1S/C16H14ClF3N2O4.C14H20ClNO2.C11H13Cl2NO3/c1-8(2)26-14(24)10-6-9(4-5-11(10)17)22-13(23)7-12(16(18,19)20)21(3)15(22)25;1-4-12-8-6-7-11(3)14(12)16(10-18-5-2)13(17)9-15;1-11(2)14(10(15)9(12)13)6-8(17-11)7-4-3-5-16-7/h4-8H,1-3H3;6-8H,4-5,9-10H2,1-3H3;3-5,8-9H,6H2,1-2H3. The van der Waals surface area contributed by atoms with E-state index in [0.717, 1.165) is 36.3 Å². The van der Waals surface area contributed by atoms with Gasteiger partial charge in [0.25, 0.3) is 11.5 Å². The highest BCUT2D eigenvalue weighted by Crippen LogP contribution is 2.37. The third-order valence-electron chi connectivity index (χ3n) is 8.94. The number of para-hydroxylation sites is 1. The van der Waals surface area contributed by atoms with Crippen LogP contribution in [0.15, 0.2) is 74.9 Å². The molecule has 0 saturated carbocycles. The van der Waals surface area contributed by atoms with E-state index in [1.807, 2.05) is 38.1 Å². The Balaban J connectivity index is 0.000000252. The zero-order valence-electron chi connectivity index (χ0n) is 34.6. The number of hydrogen-bond donors (Lipinski definition) is 0. The molecule has 334 valence electrons. The molecule has 0 N–H and O–H groups in total. The topological polar surface area (TPSA) is 143 Å². The van der Waals surface area contributed by atoms with Crippen molar-refractivity contribution in [3.8, 4) is 5.69 Å². The Morgan fingerprint density at radius 1 is 1.03 bits per heavy atom. The summed E-state index contributed by atoms with van der Waals surface area (Å²) in [5, 5.41) is 0.0104. The number of benzene rings is 2. The minimum atomic E-state index is -4.86. The fourth-order valence-corrected chi connectivity index (χ4v) is 6.63. The van der Waals surface area contributed by atoms with Crippen LogP contribution >= 0.6 is 46.4 Å². The Kier molecular flexibility index (Phi) is 18.5. The van der Waals surface area contributed by atoms with Gasteiger partial charge in [-0.05, 0) is 89.4 Å². The fraction of sp³-hybridized carbons (Fsp3) is 0.439. The molecule has 1 fully saturated rings. The first-order valence-electron chi connectivity index (χ1n) is 18.7. The van der Waals surface area contributed by atoms with Gasteiger partial charge in [-0.15, -0.1) is 11.6 Å². The third-order valence-corrected chi connectivity index (χ3v) is 9.87. The lowest BCUT2D eigenvalue weighted by molar-refractivity contribution is -0.145. The molecule has 20 heteroatoms. The Hall–Kier alpha value is -4.32. The molecule has 0 bridgehead atoms. The molecule has 1 unspecified atom stereocenters. The highest BCUT2D eigenvalue weighted by molar-refractivity contribution is 6.53. The van der Waals surface area contributed by atoms with Gasteiger partial charge in [0.1, 0.15) is 35.9 Å². The quantitative estimate of drug-likeness (QED) is 0.0821. The van der Waals surface area contributed by atoms with Gasteiger partial charge in [0.15, 0.2) is 4.84 Å². The molecule has 2 amide bonds. The molecule has 1 aliphatic heterocycles. The number of alkyl halides is 6. The summed E-state index contributed by atoms with van der Waals surface area (Å²) in [6, 6.07) is 13.5. The lowest BCUT2D eigenvalue weighted by Crippen LogP contribution is -2.45. The number of furan rings is 1. The van der Waals surface area contributed by atoms with E-state index >= 15 is 0 Å². The molecule has 0 radical (unpaired) electrons. The highest BCUT2D eigenvalue weighted by atomic mass is 35.5. The lowest BCUT2D eigenvalue weighted by atomic mass is 10.0. The van der Waals surface area contributed by atoms with Crippen LogP contribution in [0.5, 0.6) is 0 Å². The average molecular weight is 939 g/mol. The van der Waals surface area contributed by atoms with Crippen molar-refractivity contribution in [1.82, 2.24) is 14.0 Å². The van der Waals surface area contributed by atoms with Crippen molar-refractivity contribution in [3.05, 3.63) is 115 Å².